The molecule has 1 N–H and O–H groups in total. The first-order valence-electron chi connectivity index (χ1n) is 7.46. The lowest BCUT2D eigenvalue weighted by Crippen LogP contribution is -2.28. The van der Waals surface area contributed by atoms with Crippen molar-refractivity contribution in [2.24, 2.45) is 0 Å². The molecule has 1 atom stereocenters. The van der Waals surface area contributed by atoms with Crippen LogP contribution < -0.4 is 5.32 Å². The third-order valence-electron chi connectivity index (χ3n) is 3.92. The minimum absolute atomic E-state index is 0.504. The van der Waals surface area contributed by atoms with Crippen molar-refractivity contribution in [3.8, 4) is 0 Å². The molecular formula is C17H25N3. The largest absolute Gasteiger partial charge is 0.317 e. The van der Waals surface area contributed by atoms with E-state index in [1.807, 2.05) is 17.9 Å². The number of aryl methyl sites for hydroxylation is 3. The van der Waals surface area contributed by atoms with Crippen LogP contribution in [0.25, 0.3) is 0 Å². The quantitative estimate of drug-likeness (QED) is 0.839. The molecule has 0 bridgehead atoms. The minimum Gasteiger partial charge on any atom is -0.317 e. The lowest BCUT2D eigenvalue weighted by molar-refractivity contribution is 0.519. The fraction of sp³-hybridized carbons (Fsp3) is 0.471. The Morgan fingerprint density at radius 3 is 2.75 bits per heavy atom. The fourth-order valence-electron chi connectivity index (χ4n) is 2.54. The molecule has 0 amide bonds. The Morgan fingerprint density at radius 2 is 2.10 bits per heavy atom. The maximum atomic E-state index is 4.34. The highest BCUT2D eigenvalue weighted by atomic mass is 15.3. The Hall–Kier alpha value is -1.61. The zero-order valence-corrected chi connectivity index (χ0v) is 12.8. The molecule has 2 rings (SSSR count). The zero-order valence-electron chi connectivity index (χ0n) is 12.8. The molecular weight excluding hydrogens is 246 g/mol. The van der Waals surface area contributed by atoms with Gasteiger partial charge < -0.3 is 5.32 Å². The second-order valence-electron chi connectivity index (χ2n) is 5.36. The molecule has 3 heteroatoms. The first-order chi connectivity index (χ1) is 9.72. The summed E-state index contributed by atoms with van der Waals surface area (Å²) in [6, 6.07) is 9.16. The highest BCUT2D eigenvalue weighted by Crippen LogP contribution is 2.13. The number of benzene rings is 1. The van der Waals surface area contributed by atoms with Crippen LogP contribution in [0.3, 0.4) is 0 Å². The molecule has 0 aliphatic rings. The van der Waals surface area contributed by atoms with Crippen LogP contribution in [0.5, 0.6) is 0 Å². The molecule has 0 aliphatic heterocycles. The van der Waals surface area contributed by atoms with Gasteiger partial charge in [0, 0.05) is 18.8 Å². The van der Waals surface area contributed by atoms with E-state index in [1.54, 1.807) is 0 Å². The van der Waals surface area contributed by atoms with Gasteiger partial charge in [0.05, 0.1) is 6.20 Å². The van der Waals surface area contributed by atoms with Gasteiger partial charge in [-0.2, -0.15) is 5.10 Å². The standard InChI is InChI=1S/C17H25N3/c1-4-20-13-15(12-19-20)11-17(18-3)10-9-16-8-6-5-7-14(16)2/h5-8,12-13,17-18H,4,9-11H2,1-3H3. The Morgan fingerprint density at radius 1 is 1.30 bits per heavy atom. The van der Waals surface area contributed by atoms with Crippen LogP contribution in [0.1, 0.15) is 30.0 Å². The van der Waals surface area contributed by atoms with Gasteiger partial charge in [0.1, 0.15) is 0 Å². The molecule has 0 saturated carbocycles. The van der Waals surface area contributed by atoms with Gasteiger partial charge in [0.15, 0.2) is 0 Å². The lowest BCUT2D eigenvalue weighted by atomic mass is 9.98. The predicted octanol–water partition coefficient (Wildman–Crippen LogP) is 2.97. The molecule has 2 aromatic rings. The Bertz CT molecular complexity index is 531. The fourth-order valence-corrected chi connectivity index (χ4v) is 2.54. The first kappa shape index (κ1) is 14.8. The normalized spacial score (nSPS) is 12.6. The number of nitrogens with zero attached hydrogens (tertiary/aromatic N) is 2. The minimum atomic E-state index is 0.504. The van der Waals surface area contributed by atoms with Crippen LogP contribution >= 0.6 is 0 Å². The van der Waals surface area contributed by atoms with Gasteiger partial charge in [-0.05, 0) is 56.8 Å². The maximum Gasteiger partial charge on any atom is 0.0522 e. The van der Waals surface area contributed by atoms with Crippen molar-refractivity contribution < 1.29 is 0 Å². The monoisotopic (exact) mass is 271 g/mol. The van der Waals surface area contributed by atoms with Crippen molar-refractivity contribution in [1.29, 1.82) is 0 Å². The Balaban J connectivity index is 1.91. The average Bonchev–Trinajstić information content (AvgIpc) is 2.92. The number of hydrogen-bond donors (Lipinski definition) is 1. The second kappa shape index (κ2) is 7.25. The average molecular weight is 271 g/mol. The summed E-state index contributed by atoms with van der Waals surface area (Å²) in [6.07, 6.45) is 7.46. The summed E-state index contributed by atoms with van der Waals surface area (Å²) in [5, 5.41) is 7.77. The Labute approximate surface area is 122 Å². The van der Waals surface area contributed by atoms with Crippen LogP contribution in [0, 0.1) is 6.92 Å². The van der Waals surface area contributed by atoms with Gasteiger partial charge in [-0.25, -0.2) is 0 Å². The number of aromatic nitrogens is 2. The number of likely N-dealkylation sites (N-methyl/N-ethyl adjacent to an activating group) is 1. The summed E-state index contributed by atoms with van der Waals surface area (Å²) in [5.41, 5.74) is 4.16. The highest BCUT2D eigenvalue weighted by Gasteiger charge is 2.09. The van der Waals surface area contributed by atoms with Gasteiger partial charge in [-0.15, -0.1) is 0 Å². The van der Waals surface area contributed by atoms with Crippen molar-refractivity contribution >= 4 is 0 Å². The molecule has 3 nitrogen and oxygen atoms in total. The summed E-state index contributed by atoms with van der Waals surface area (Å²) in [6.45, 7) is 5.24. The lowest BCUT2D eigenvalue weighted by Gasteiger charge is -2.16. The van der Waals surface area contributed by atoms with Crippen molar-refractivity contribution in [3.05, 3.63) is 53.3 Å². The molecule has 1 aromatic carbocycles. The van der Waals surface area contributed by atoms with E-state index in [4.69, 9.17) is 0 Å². The molecule has 108 valence electrons. The van der Waals surface area contributed by atoms with Crippen LogP contribution in [0.15, 0.2) is 36.7 Å². The number of rotatable bonds is 7. The summed E-state index contributed by atoms with van der Waals surface area (Å²) in [4.78, 5) is 0. The third kappa shape index (κ3) is 3.94. The van der Waals surface area contributed by atoms with Gasteiger partial charge in [-0.1, -0.05) is 24.3 Å². The molecule has 0 aliphatic carbocycles. The van der Waals surface area contributed by atoms with E-state index >= 15 is 0 Å². The number of nitrogens with one attached hydrogen (secondary N) is 1. The van der Waals surface area contributed by atoms with Crippen molar-refractivity contribution in [2.45, 2.75) is 45.7 Å². The van der Waals surface area contributed by atoms with Crippen LogP contribution in [-0.2, 0) is 19.4 Å². The van der Waals surface area contributed by atoms with E-state index in [-0.39, 0.29) is 0 Å². The van der Waals surface area contributed by atoms with E-state index in [0.717, 1.165) is 25.8 Å². The van der Waals surface area contributed by atoms with Gasteiger partial charge in [0.2, 0.25) is 0 Å². The highest BCUT2D eigenvalue weighted by molar-refractivity contribution is 5.25. The topological polar surface area (TPSA) is 29.9 Å². The van der Waals surface area contributed by atoms with Crippen LogP contribution in [0.2, 0.25) is 0 Å². The van der Waals surface area contributed by atoms with E-state index in [0.29, 0.717) is 6.04 Å². The summed E-state index contributed by atoms with van der Waals surface area (Å²) < 4.78 is 1.99. The van der Waals surface area contributed by atoms with E-state index in [2.05, 4.69) is 54.7 Å². The van der Waals surface area contributed by atoms with E-state index < -0.39 is 0 Å². The molecule has 0 radical (unpaired) electrons. The van der Waals surface area contributed by atoms with Crippen molar-refractivity contribution in [3.63, 3.8) is 0 Å². The Kier molecular flexibility index (Phi) is 5.36. The second-order valence-corrected chi connectivity index (χ2v) is 5.36. The molecule has 0 fully saturated rings. The van der Waals surface area contributed by atoms with Gasteiger partial charge >= 0.3 is 0 Å². The van der Waals surface area contributed by atoms with Gasteiger partial charge in [-0.3, -0.25) is 4.68 Å². The smallest absolute Gasteiger partial charge is 0.0522 e. The SMILES string of the molecule is CCn1cc(CC(CCc2ccccc2C)NC)cn1. The number of hydrogen-bond acceptors (Lipinski definition) is 2. The molecule has 0 saturated heterocycles. The van der Waals surface area contributed by atoms with Crippen LogP contribution in [-0.4, -0.2) is 22.9 Å². The van der Waals surface area contributed by atoms with Crippen molar-refractivity contribution in [2.75, 3.05) is 7.05 Å². The van der Waals surface area contributed by atoms with E-state index in [9.17, 15) is 0 Å². The van der Waals surface area contributed by atoms with Gasteiger partial charge in [0.25, 0.3) is 0 Å². The maximum absolute atomic E-state index is 4.34. The van der Waals surface area contributed by atoms with Crippen LogP contribution in [0.4, 0.5) is 0 Å². The summed E-state index contributed by atoms with van der Waals surface area (Å²) in [5.74, 6) is 0. The van der Waals surface area contributed by atoms with E-state index in [1.165, 1.54) is 16.7 Å². The molecule has 1 heterocycles. The first-order valence-corrected chi connectivity index (χ1v) is 7.46. The molecule has 1 aromatic heterocycles. The summed E-state index contributed by atoms with van der Waals surface area (Å²) in [7, 11) is 2.05. The molecule has 1 unspecified atom stereocenters. The van der Waals surface area contributed by atoms with Crippen molar-refractivity contribution in [1.82, 2.24) is 15.1 Å². The summed E-state index contributed by atoms with van der Waals surface area (Å²) >= 11 is 0. The third-order valence-corrected chi connectivity index (χ3v) is 3.92. The molecule has 20 heavy (non-hydrogen) atoms. The predicted molar refractivity (Wildman–Crippen MR) is 84.0 cm³/mol. The zero-order chi connectivity index (χ0) is 14.4. The molecule has 0 spiro atoms.